The highest BCUT2D eigenvalue weighted by molar-refractivity contribution is 5.65. The molecule has 0 aromatic heterocycles. The van der Waals surface area contributed by atoms with Crippen LogP contribution in [-0.4, -0.2) is 65.2 Å². The first-order valence-corrected chi connectivity index (χ1v) is 16.1. The van der Waals surface area contributed by atoms with E-state index in [0.717, 1.165) is 36.5 Å². The predicted molar refractivity (Wildman–Crippen MR) is 157 cm³/mol. The standard InChI is InChI=1S/C33H58N2O4/c1-21(2)8-7-9-22(3)26-12-13-27-25-11-10-23-18-24(37)19-29(30(34-31(38)39)20-35(6)16-17-36)33(23,5)28(25)14-15-32(26,27)4/h10,21-22,24-30,34,36-37H,7-9,11-20H2,1-6H3,(H,38,39)/t22-,24-,25+,26-,27+,28+,29?,30?,32-,33+/m1/s1. The van der Waals surface area contributed by atoms with Gasteiger partial charge in [0.25, 0.3) is 0 Å². The van der Waals surface area contributed by atoms with Crippen LogP contribution in [0.15, 0.2) is 11.6 Å². The van der Waals surface area contributed by atoms with Crippen molar-refractivity contribution in [2.45, 2.75) is 111 Å². The number of likely N-dealkylation sites (N-methyl/N-ethyl adjacent to an activating group) is 1. The normalized spacial score (nSPS) is 39.5. The second kappa shape index (κ2) is 12.4. The molecule has 6 nitrogen and oxygen atoms in total. The average molecular weight is 547 g/mol. The van der Waals surface area contributed by atoms with Gasteiger partial charge in [0.15, 0.2) is 0 Å². The minimum absolute atomic E-state index is 0.0362. The van der Waals surface area contributed by atoms with Gasteiger partial charge in [0.05, 0.1) is 12.7 Å². The van der Waals surface area contributed by atoms with Crippen LogP contribution in [0.4, 0.5) is 4.79 Å². The summed E-state index contributed by atoms with van der Waals surface area (Å²) in [7, 11) is 1.95. The summed E-state index contributed by atoms with van der Waals surface area (Å²) < 4.78 is 0. The lowest BCUT2D eigenvalue weighted by atomic mass is 9.44. The maximum absolute atomic E-state index is 12.0. The van der Waals surface area contributed by atoms with Crippen LogP contribution in [-0.2, 0) is 0 Å². The Morgan fingerprint density at radius 1 is 1.13 bits per heavy atom. The number of fused-ring (bicyclic) bond motifs is 5. The van der Waals surface area contributed by atoms with Crippen LogP contribution in [0.5, 0.6) is 0 Å². The molecule has 3 fully saturated rings. The summed E-state index contributed by atoms with van der Waals surface area (Å²) in [5.74, 6) is 4.32. The monoisotopic (exact) mass is 546 g/mol. The van der Waals surface area contributed by atoms with Crippen LogP contribution in [0, 0.1) is 52.3 Å². The van der Waals surface area contributed by atoms with E-state index in [1.165, 1.54) is 50.5 Å². The Labute approximate surface area is 238 Å². The zero-order chi connectivity index (χ0) is 28.5. The maximum Gasteiger partial charge on any atom is 0.404 e. The van der Waals surface area contributed by atoms with Crippen LogP contribution in [0.2, 0.25) is 0 Å². The molecule has 4 rings (SSSR count). The fraction of sp³-hybridized carbons (Fsp3) is 0.909. The van der Waals surface area contributed by atoms with Gasteiger partial charge in [0.1, 0.15) is 0 Å². The molecule has 0 aromatic carbocycles. The Balaban J connectivity index is 1.60. The highest BCUT2D eigenvalue weighted by Gasteiger charge is 2.61. The molecule has 0 saturated heterocycles. The predicted octanol–water partition coefficient (Wildman–Crippen LogP) is 6.18. The molecule has 0 bridgehead atoms. The van der Waals surface area contributed by atoms with Crippen molar-refractivity contribution in [3.05, 3.63) is 11.6 Å². The summed E-state index contributed by atoms with van der Waals surface area (Å²) in [6.07, 6.45) is 12.7. The highest BCUT2D eigenvalue weighted by atomic mass is 16.4. The quantitative estimate of drug-likeness (QED) is 0.232. The molecule has 224 valence electrons. The van der Waals surface area contributed by atoms with Crippen molar-refractivity contribution in [3.63, 3.8) is 0 Å². The number of allylic oxidation sites excluding steroid dienone is 1. The van der Waals surface area contributed by atoms with Crippen molar-refractivity contribution in [1.29, 1.82) is 0 Å². The third kappa shape index (κ3) is 6.09. The Morgan fingerprint density at radius 3 is 2.54 bits per heavy atom. The summed E-state index contributed by atoms with van der Waals surface area (Å²) in [4.78, 5) is 14.0. The topological polar surface area (TPSA) is 93.0 Å². The molecular weight excluding hydrogens is 488 g/mol. The number of rotatable bonds is 11. The molecule has 4 aliphatic carbocycles. The molecule has 4 N–H and O–H groups in total. The molecule has 0 aliphatic heterocycles. The van der Waals surface area contributed by atoms with Crippen LogP contribution in [0.25, 0.3) is 0 Å². The first kappa shape index (κ1) is 30.8. The van der Waals surface area contributed by atoms with Crippen molar-refractivity contribution in [3.8, 4) is 0 Å². The zero-order valence-corrected chi connectivity index (χ0v) is 25.7. The molecule has 4 aliphatic rings. The van der Waals surface area contributed by atoms with Gasteiger partial charge in [-0.15, -0.1) is 0 Å². The molecule has 0 spiro atoms. The van der Waals surface area contributed by atoms with E-state index in [2.05, 4.69) is 46.0 Å². The Kier molecular flexibility index (Phi) is 9.81. The molecule has 0 heterocycles. The van der Waals surface area contributed by atoms with Crippen LogP contribution < -0.4 is 5.32 Å². The van der Waals surface area contributed by atoms with Gasteiger partial charge in [-0.2, -0.15) is 0 Å². The lowest BCUT2D eigenvalue weighted by Gasteiger charge is -2.61. The lowest BCUT2D eigenvalue weighted by Crippen LogP contribution is -2.60. The van der Waals surface area contributed by atoms with Gasteiger partial charge < -0.3 is 25.5 Å². The number of hydrogen-bond acceptors (Lipinski definition) is 4. The summed E-state index contributed by atoms with van der Waals surface area (Å²) in [6.45, 7) is 13.3. The number of aliphatic hydroxyl groups is 2. The Hall–Kier alpha value is -1.11. The van der Waals surface area contributed by atoms with E-state index >= 15 is 0 Å². The average Bonchev–Trinajstić information content (AvgIpc) is 3.20. The highest BCUT2D eigenvalue weighted by Crippen LogP contribution is 2.68. The number of amides is 1. The molecule has 6 heteroatoms. The number of hydrogen-bond donors (Lipinski definition) is 4. The van der Waals surface area contributed by atoms with Gasteiger partial charge in [0.2, 0.25) is 0 Å². The van der Waals surface area contributed by atoms with Gasteiger partial charge in [-0.25, -0.2) is 4.79 Å². The lowest BCUT2D eigenvalue weighted by molar-refractivity contribution is -0.0870. The smallest absolute Gasteiger partial charge is 0.404 e. The minimum Gasteiger partial charge on any atom is -0.465 e. The second-order valence-electron chi connectivity index (χ2n) is 14.9. The first-order chi connectivity index (χ1) is 18.4. The summed E-state index contributed by atoms with van der Waals surface area (Å²) >= 11 is 0. The van der Waals surface area contributed by atoms with Crippen molar-refractivity contribution in [2.75, 3.05) is 26.7 Å². The molecule has 39 heavy (non-hydrogen) atoms. The molecule has 3 saturated carbocycles. The van der Waals surface area contributed by atoms with Crippen molar-refractivity contribution < 1.29 is 20.1 Å². The molecule has 0 radical (unpaired) electrons. The number of nitrogens with zero attached hydrogens (tertiary/aromatic N) is 1. The van der Waals surface area contributed by atoms with E-state index in [1.54, 1.807) is 0 Å². The van der Waals surface area contributed by atoms with Gasteiger partial charge >= 0.3 is 6.09 Å². The number of carboxylic acid groups (broad SMARTS) is 1. The van der Waals surface area contributed by atoms with Gasteiger partial charge in [-0.05, 0) is 104 Å². The maximum atomic E-state index is 12.0. The molecule has 1 amide bonds. The van der Waals surface area contributed by atoms with Gasteiger partial charge in [-0.1, -0.05) is 65.5 Å². The molecule has 2 unspecified atom stereocenters. The third-order valence-corrected chi connectivity index (χ3v) is 12.3. The number of aliphatic hydroxyl groups excluding tert-OH is 2. The van der Waals surface area contributed by atoms with E-state index in [0.29, 0.717) is 36.8 Å². The van der Waals surface area contributed by atoms with E-state index < -0.39 is 12.2 Å². The van der Waals surface area contributed by atoms with E-state index in [9.17, 15) is 20.1 Å². The summed E-state index contributed by atoms with van der Waals surface area (Å²) in [5.41, 5.74) is 1.66. The fourth-order valence-corrected chi connectivity index (χ4v) is 10.4. The van der Waals surface area contributed by atoms with E-state index in [4.69, 9.17) is 0 Å². The van der Waals surface area contributed by atoms with Crippen molar-refractivity contribution >= 4 is 6.09 Å². The van der Waals surface area contributed by atoms with E-state index in [1.807, 2.05) is 11.9 Å². The number of nitrogens with one attached hydrogen (secondary N) is 1. The van der Waals surface area contributed by atoms with Gasteiger partial charge in [0, 0.05) is 19.1 Å². The van der Waals surface area contributed by atoms with E-state index in [-0.39, 0.29) is 24.0 Å². The molecule has 10 atom stereocenters. The summed E-state index contributed by atoms with van der Waals surface area (Å²) in [6, 6.07) is -0.285. The Bertz CT molecular complexity index is 876. The fourth-order valence-electron chi connectivity index (χ4n) is 10.4. The third-order valence-electron chi connectivity index (χ3n) is 12.3. The first-order valence-electron chi connectivity index (χ1n) is 16.1. The Morgan fingerprint density at radius 2 is 1.87 bits per heavy atom. The zero-order valence-electron chi connectivity index (χ0n) is 25.7. The van der Waals surface area contributed by atoms with Gasteiger partial charge in [-0.3, -0.25) is 0 Å². The largest absolute Gasteiger partial charge is 0.465 e. The molecular formula is C33H58N2O4. The SMILES string of the molecule is CC(C)CCC[C@@H](C)[C@H]1CC[C@H]2[C@@H]3CC=C4C[C@@H](O)CC(C(CN(C)CCO)NC(=O)O)[C@]4(C)[C@H]3CC[C@]12C. The van der Waals surface area contributed by atoms with Crippen molar-refractivity contribution in [2.24, 2.45) is 52.3 Å². The van der Waals surface area contributed by atoms with Crippen molar-refractivity contribution in [1.82, 2.24) is 10.2 Å². The minimum atomic E-state index is -1.000. The van der Waals surface area contributed by atoms with Crippen LogP contribution in [0.1, 0.15) is 98.8 Å². The van der Waals surface area contributed by atoms with Crippen LogP contribution >= 0.6 is 0 Å². The molecule has 0 aromatic rings. The number of carbonyl (C=O) groups is 1. The summed E-state index contributed by atoms with van der Waals surface area (Å²) in [5, 5.41) is 33.1. The second-order valence-corrected chi connectivity index (χ2v) is 14.9. The van der Waals surface area contributed by atoms with Crippen LogP contribution in [0.3, 0.4) is 0 Å².